The number of nitrogens with one attached hydrogen (secondary N) is 1. The highest BCUT2D eigenvalue weighted by Gasteiger charge is 2.15. The van der Waals surface area contributed by atoms with E-state index in [-0.39, 0.29) is 18.4 Å². The number of aryl methyl sites for hydroxylation is 1. The number of ether oxygens (including phenoxy) is 3. The molecular weight excluding hydrogens is 532 g/mol. The van der Waals surface area contributed by atoms with Crippen LogP contribution in [0.25, 0.3) is 0 Å². The summed E-state index contributed by atoms with van der Waals surface area (Å²) in [7, 11) is 1.65. The second-order valence-electron chi connectivity index (χ2n) is 8.78. The van der Waals surface area contributed by atoms with E-state index in [1.807, 2.05) is 93.1 Å². The molecule has 3 rings (SSSR count). The number of amides is 2. The molecule has 2 aromatic heterocycles. The van der Waals surface area contributed by atoms with E-state index < -0.39 is 0 Å². The van der Waals surface area contributed by atoms with Gasteiger partial charge >= 0.3 is 6.03 Å². The molecule has 0 fully saturated rings. The molecule has 0 radical (unpaired) electrons. The highest BCUT2D eigenvalue weighted by Crippen LogP contribution is 2.05. The summed E-state index contributed by atoms with van der Waals surface area (Å²) in [5.74, 6) is 0. The molecule has 0 saturated carbocycles. The predicted molar refractivity (Wildman–Crippen MR) is 170 cm³/mol. The van der Waals surface area contributed by atoms with Gasteiger partial charge in [0.05, 0.1) is 25.8 Å². The number of rotatable bonds is 16. The van der Waals surface area contributed by atoms with E-state index in [2.05, 4.69) is 27.4 Å². The van der Waals surface area contributed by atoms with Crippen LogP contribution in [0.5, 0.6) is 0 Å². The maximum atomic E-state index is 12.6. The van der Waals surface area contributed by atoms with Gasteiger partial charge in [0.15, 0.2) is 6.29 Å². The Bertz CT molecular complexity index is 949. The number of imidazole rings is 2. The summed E-state index contributed by atoms with van der Waals surface area (Å²) in [6, 6.07) is 10.3. The van der Waals surface area contributed by atoms with Crippen LogP contribution < -0.4 is 5.32 Å². The highest BCUT2D eigenvalue weighted by molar-refractivity contribution is 5.74. The highest BCUT2D eigenvalue weighted by atomic mass is 16.7. The molecule has 3 aromatic rings. The minimum absolute atomic E-state index is 0.0286. The summed E-state index contributed by atoms with van der Waals surface area (Å²) in [5.41, 5.74) is 1.29. The molecule has 1 N–H and O–H groups in total. The van der Waals surface area contributed by atoms with Crippen molar-refractivity contribution in [2.75, 3.05) is 40.0 Å². The van der Waals surface area contributed by atoms with Crippen LogP contribution in [0.2, 0.25) is 0 Å². The van der Waals surface area contributed by atoms with Crippen molar-refractivity contribution in [1.29, 1.82) is 0 Å². The van der Waals surface area contributed by atoms with Gasteiger partial charge in [0, 0.05) is 70.8 Å². The molecule has 238 valence electrons. The van der Waals surface area contributed by atoms with Crippen molar-refractivity contribution in [3.05, 3.63) is 73.3 Å². The second kappa shape index (κ2) is 26.7. The molecule has 0 aliphatic rings. The van der Waals surface area contributed by atoms with Crippen molar-refractivity contribution in [3.8, 4) is 0 Å². The lowest BCUT2D eigenvalue weighted by molar-refractivity contribution is -0.143. The molecule has 1 atom stereocenters. The van der Waals surface area contributed by atoms with Crippen molar-refractivity contribution in [2.24, 2.45) is 0 Å². The Hall–Kier alpha value is -3.21. The van der Waals surface area contributed by atoms with E-state index in [1.54, 1.807) is 32.2 Å². The Morgan fingerprint density at radius 3 is 1.98 bits per heavy atom. The lowest BCUT2D eigenvalue weighted by atomic mass is 10.1. The van der Waals surface area contributed by atoms with Crippen molar-refractivity contribution in [2.45, 2.75) is 86.7 Å². The molecule has 0 saturated heterocycles. The van der Waals surface area contributed by atoms with E-state index in [4.69, 9.17) is 14.2 Å². The first kappa shape index (κ1) is 38.8. The van der Waals surface area contributed by atoms with Crippen LogP contribution in [0.15, 0.2) is 67.8 Å². The van der Waals surface area contributed by atoms with Gasteiger partial charge in [-0.1, -0.05) is 58.0 Å². The maximum Gasteiger partial charge on any atom is 0.317 e. The summed E-state index contributed by atoms with van der Waals surface area (Å²) in [4.78, 5) is 22.4. The summed E-state index contributed by atoms with van der Waals surface area (Å²) >= 11 is 0. The fourth-order valence-corrected chi connectivity index (χ4v) is 3.79. The third-order valence-electron chi connectivity index (χ3n) is 5.63. The fraction of sp³-hybridized carbons (Fsp3) is 0.594. The SMILES string of the molecule is CC.CC.CCOC(Cn1ccnc1)OCC.COCCN(CCCc1ccccc1)C(=O)NC(C)Cn1ccnc1. The van der Waals surface area contributed by atoms with E-state index >= 15 is 0 Å². The summed E-state index contributed by atoms with van der Waals surface area (Å²) in [5, 5.41) is 3.06. The number of carbonyl (C=O) groups excluding carboxylic acids is 1. The first-order valence-electron chi connectivity index (χ1n) is 15.3. The van der Waals surface area contributed by atoms with E-state index in [9.17, 15) is 4.79 Å². The van der Waals surface area contributed by atoms with Crippen molar-refractivity contribution in [3.63, 3.8) is 0 Å². The van der Waals surface area contributed by atoms with Gasteiger partial charge in [0.25, 0.3) is 0 Å². The number of hydrogen-bond acceptors (Lipinski definition) is 6. The Kier molecular flexibility index (Phi) is 24.6. The van der Waals surface area contributed by atoms with Gasteiger partial charge in [0.1, 0.15) is 0 Å². The monoisotopic (exact) mass is 588 g/mol. The Morgan fingerprint density at radius 1 is 0.905 bits per heavy atom. The number of hydrogen-bond donors (Lipinski definition) is 1. The molecule has 0 bridgehead atoms. The third kappa shape index (κ3) is 18.3. The van der Waals surface area contributed by atoms with Crippen molar-refractivity contribution >= 4 is 6.03 Å². The molecule has 10 nitrogen and oxygen atoms in total. The van der Waals surface area contributed by atoms with Gasteiger partial charge in [-0.3, -0.25) is 0 Å². The normalized spacial score (nSPS) is 10.8. The summed E-state index contributed by atoms with van der Waals surface area (Å²) in [6.07, 6.45) is 12.5. The predicted octanol–water partition coefficient (Wildman–Crippen LogP) is 5.90. The molecule has 0 aliphatic carbocycles. The average molecular weight is 589 g/mol. The molecule has 0 aliphatic heterocycles. The number of carbonyl (C=O) groups is 1. The maximum absolute atomic E-state index is 12.6. The van der Waals surface area contributed by atoms with Crippen LogP contribution in [0, 0.1) is 0 Å². The van der Waals surface area contributed by atoms with Gasteiger partial charge in [-0.15, -0.1) is 0 Å². The Labute approximate surface area is 254 Å². The molecule has 2 heterocycles. The summed E-state index contributed by atoms with van der Waals surface area (Å²) in [6.45, 7) is 18.5. The van der Waals surface area contributed by atoms with Crippen LogP contribution >= 0.6 is 0 Å². The quantitative estimate of drug-likeness (QED) is 0.210. The molecule has 0 spiro atoms. The van der Waals surface area contributed by atoms with Crippen molar-refractivity contribution < 1.29 is 19.0 Å². The molecular formula is C32H56N6O4. The number of urea groups is 1. The van der Waals surface area contributed by atoms with E-state index in [0.717, 1.165) is 12.8 Å². The first-order chi connectivity index (χ1) is 20.5. The lowest BCUT2D eigenvalue weighted by Crippen LogP contribution is -2.46. The molecule has 2 amide bonds. The van der Waals surface area contributed by atoms with Gasteiger partial charge in [-0.05, 0) is 39.2 Å². The number of aromatic nitrogens is 4. The minimum atomic E-state index is -0.163. The molecule has 1 unspecified atom stereocenters. The third-order valence-corrected chi connectivity index (χ3v) is 5.63. The smallest absolute Gasteiger partial charge is 0.317 e. The Morgan fingerprint density at radius 2 is 1.48 bits per heavy atom. The van der Waals surface area contributed by atoms with Gasteiger partial charge in [-0.2, -0.15) is 0 Å². The largest absolute Gasteiger partial charge is 0.383 e. The first-order valence-corrected chi connectivity index (χ1v) is 15.3. The van der Waals surface area contributed by atoms with E-state index in [1.165, 1.54) is 5.56 Å². The van der Waals surface area contributed by atoms with Crippen LogP contribution in [-0.4, -0.2) is 82.4 Å². The number of benzene rings is 1. The van der Waals surface area contributed by atoms with E-state index in [0.29, 0.717) is 46.0 Å². The van der Waals surface area contributed by atoms with Crippen LogP contribution in [0.3, 0.4) is 0 Å². The molecule has 10 heteroatoms. The average Bonchev–Trinajstić information content (AvgIpc) is 3.73. The summed E-state index contributed by atoms with van der Waals surface area (Å²) < 4.78 is 19.8. The van der Waals surface area contributed by atoms with Crippen LogP contribution in [0.4, 0.5) is 4.79 Å². The van der Waals surface area contributed by atoms with Gasteiger partial charge < -0.3 is 33.6 Å². The Balaban J connectivity index is 0.000000831. The van der Waals surface area contributed by atoms with Crippen LogP contribution in [0.1, 0.15) is 60.5 Å². The zero-order valence-electron chi connectivity index (χ0n) is 27.2. The standard InChI is InChI=1S/C19H28N4O2.C9H16N2O2.2C2H6/c1-17(15-22-12-10-20-16-22)21-19(24)23(13-14-25-2)11-6-9-18-7-4-3-5-8-18;1-3-12-9(13-4-2)7-11-6-5-10-8-11;2*1-2/h3-5,7-8,10,12,16-17H,6,9,11,13-15H2,1-2H3,(H,21,24);5-6,8-9H,3-4,7H2,1-2H3;2*1-2H3. The van der Waals surface area contributed by atoms with Gasteiger partial charge in [-0.25, -0.2) is 14.8 Å². The molecule has 1 aromatic carbocycles. The topological polar surface area (TPSA) is 95.7 Å². The zero-order valence-corrected chi connectivity index (χ0v) is 27.2. The van der Waals surface area contributed by atoms with Gasteiger partial charge in [0.2, 0.25) is 0 Å². The number of methoxy groups -OCH3 is 1. The lowest BCUT2D eigenvalue weighted by Gasteiger charge is -2.25. The minimum Gasteiger partial charge on any atom is -0.383 e. The number of nitrogens with zero attached hydrogens (tertiary/aromatic N) is 5. The fourth-order valence-electron chi connectivity index (χ4n) is 3.79. The molecule has 42 heavy (non-hydrogen) atoms. The van der Waals surface area contributed by atoms with Crippen LogP contribution in [-0.2, 0) is 33.7 Å². The zero-order chi connectivity index (χ0) is 31.4. The second-order valence-corrected chi connectivity index (χ2v) is 8.78. The van der Waals surface area contributed by atoms with Crippen molar-refractivity contribution in [1.82, 2.24) is 29.3 Å².